The van der Waals surface area contributed by atoms with Gasteiger partial charge in [-0.3, -0.25) is 5.41 Å². The van der Waals surface area contributed by atoms with Crippen molar-refractivity contribution in [3.05, 3.63) is 57.6 Å². The predicted molar refractivity (Wildman–Crippen MR) is 112 cm³/mol. The van der Waals surface area contributed by atoms with Crippen LogP contribution in [0.25, 0.3) is 0 Å². The number of aliphatic hydroxyl groups is 1. The van der Waals surface area contributed by atoms with E-state index in [4.69, 9.17) is 25.7 Å². The van der Waals surface area contributed by atoms with Crippen LogP contribution in [0.4, 0.5) is 5.69 Å². The summed E-state index contributed by atoms with van der Waals surface area (Å²) in [6.07, 6.45) is 0.771. The van der Waals surface area contributed by atoms with E-state index in [0.717, 1.165) is 12.0 Å². The first-order chi connectivity index (χ1) is 13.4. The van der Waals surface area contributed by atoms with Crippen LogP contribution in [0.3, 0.4) is 0 Å². The van der Waals surface area contributed by atoms with Gasteiger partial charge in [-0.25, -0.2) is 4.79 Å². The second-order valence-electron chi connectivity index (χ2n) is 6.01. The Morgan fingerprint density at radius 1 is 1.32 bits per heavy atom. The van der Waals surface area contributed by atoms with Crippen LogP contribution in [0.1, 0.15) is 29.7 Å². The fourth-order valence-electron chi connectivity index (χ4n) is 2.69. The van der Waals surface area contributed by atoms with Crippen molar-refractivity contribution in [1.82, 2.24) is 0 Å². The van der Waals surface area contributed by atoms with Crippen LogP contribution in [0.15, 0.2) is 40.9 Å². The first kappa shape index (κ1) is 21.7. The molecule has 1 atom stereocenters. The molecular weight excluding hydrogens is 426 g/mol. The molecule has 0 bridgehead atoms. The number of nitrogen functional groups attached to an aromatic ring is 1. The van der Waals surface area contributed by atoms with Gasteiger partial charge in [0.2, 0.25) is 0 Å². The fraction of sp³-hybridized carbons (Fsp3) is 0.300. The molecule has 2 aromatic carbocycles. The molecule has 28 heavy (non-hydrogen) atoms. The quantitative estimate of drug-likeness (QED) is 0.265. The van der Waals surface area contributed by atoms with Crippen LogP contribution < -0.4 is 15.8 Å². The number of ether oxygens (including phenoxy) is 2. The normalized spacial score (nSPS) is 11.6. The molecule has 8 heteroatoms. The average Bonchev–Trinajstić information content (AvgIpc) is 2.70. The van der Waals surface area contributed by atoms with Gasteiger partial charge in [-0.2, -0.15) is 0 Å². The van der Waals surface area contributed by atoms with E-state index in [1.165, 1.54) is 7.11 Å². The lowest BCUT2D eigenvalue weighted by molar-refractivity contribution is -0.141. The summed E-state index contributed by atoms with van der Waals surface area (Å²) in [5.41, 5.74) is 8.35. The van der Waals surface area contributed by atoms with E-state index in [9.17, 15) is 4.79 Å². The van der Waals surface area contributed by atoms with Gasteiger partial charge in [-0.15, -0.1) is 0 Å². The Labute approximate surface area is 172 Å². The summed E-state index contributed by atoms with van der Waals surface area (Å²) in [6, 6.07) is 9.84. The molecule has 0 aliphatic heterocycles. The number of carbonyl (C=O) groups excluding carboxylic acids is 1. The smallest absolute Gasteiger partial charge is 0.333 e. The summed E-state index contributed by atoms with van der Waals surface area (Å²) >= 11 is 3.50. The molecule has 0 aliphatic carbocycles. The number of amidine groups is 1. The van der Waals surface area contributed by atoms with Crippen LogP contribution in [0.5, 0.6) is 5.75 Å². The number of rotatable bonds is 9. The lowest BCUT2D eigenvalue weighted by Gasteiger charge is -2.23. The number of aryl methyl sites for hydroxylation is 1. The number of benzene rings is 2. The van der Waals surface area contributed by atoms with Gasteiger partial charge in [0.05, 0.1) is 18.2 Å². The lowest BCUT2D eigenvalue weighted by Crippen LogP contribution is -2.24. The molecule has 0 aliphatic rings. The van der Waals surface area contributed by atoms with Gasteiger partial charge in [-0.1, -0.05) is 6.92 Å². The molecule has 0 radical (unpaired) electrons. The Bertz CT molecular complexity index is 840. The molecule has 7 nitrogen and oxygen atoms in total. The Morgan fingerprint density at radius 2 is 2.00 bits per heavy atom. The highest BCUT2D eigenvalue weighted by atomic mass is 79.9. The van der Waals surface area contributed by atoms with Crippen LogP contribution in [-0.4, -0.2) is 37.2 Å². The maximum atomic E-state index is 12.6. The largest absolute Gasteiger partial charge is 0.490 e. The second kappa shape index (κ2) is 10.1. The summed E-state index contributed by atoms with van der Waals surface area (Å²) in [5.74, 6) is -0.0468. The number of nitrogens with two attached hydrogens (primary N) is 1. The van der Waals surface area contributed by atoms with Crippen molar-refractivity contribution >= 4 is 33.4 Å². The van der Waals surface area contributed by atoms with Crippen molar-refractivity contribution in [3.8, 4) is 5.75 Å². The average molecular weight is 450 g/mol. The monoisotopic (exact) mass is 449 g/mol. The Hall–Kier alpha value is -2.58. The third-order valence-corrected chi connectivity index (χ3v) is 4.72. The highest BCUT2D eigenvalue weighted by molar-refractivity contribution is 9.10. The summed E-state index contributed by atoms with van der Waals surface area (Å²) in [6.45, 7) is 1.96. The maximum Gasteiger partial charge on any atom is 0.333 e. The van der Waals surface area contributed by atoms with Gasteiger partial charge < -0.3 is 25.6 Å². The van der Waals surface area contributed by atoms with Gasteiger partial charge >= 0.3 is 5.97 Å². The van der Waals surface area contributed by atoms with Crippen molar-refractivity contribution in [2.75, 3.05) is 25.6 Å². The number of methoxy groups -OCH3 is 1. The molecule has 0 saturated carbocycles. The Balaban J connectivity index is 2.48. The minimum absolute atomic E-state index is 0.0321. The molecule has 5 N–H and O–H groups in total. The van der Waals surface area contributed by atoms with E-state index in [0.29, 0.717) is 27.0 Å². The van der Waals surface area contributed by atoms with Crippen molar-refractivity contribution in [2.24, 2.45) is 5.73 Å². The Kier molecular flexibility index (Phi) is 7.83. The van der Waals surface area contributed by atoms with E-state index in [1.54, 1.807) is 24.3 Å². The van der Waals surface area contributed by atoms with E-state index in [-0.39, 0.29) is 19.0 Å². The number of carbonyl (C=O) groups is 1. The SMILES string of the molecule is CCc1cc(Br)c(OCCO)c(C(Nc2ccc(C(=N)N)cc2)C(=O)OC)c1. The zero-order chi connectivity index (χ0) is 20.7. The minimum Gasteiger partial charge on any atom is -0.490 e. The maximum absolute atomic E-state index is 12.6. The zero-order valence-electron chi connectivity index (χ0n) is 15.8. The zero-order valence-corrected chi connectivity index (χ0v) is 17.4. The number of anilines is 1. The van der Waals surface area contributed by atoms with E-state index >= 15 is 0 Å². The minimum atomic E-state index is -0.829. The summed E-state index contributed by atoms with van der Waals surface area (Å²) in [5, 5.41) is 19.8. The van der Waals surface area contributed by atoms with Gasteiger partial charge in [0.1, 0.15) is 18.2 Å². The Morgan fingerprint density at radius 3 is 2.54 bits per heavy atom. The third kappa shape index (κ3) is 5.24. The topological polar surface area (TPSA) is 118 Å². The van der Waals surface area contributed by atoms with E-state index < -0.39 is 12.0 Å². The van der Waals surface area contributed by atoms with Gasteiger partial charge in [-0.05, 0) is 64.3 Å². The number of hydrogen-bond acceptors (Lipinski definition) is 6. The van der Waals surface area contributed by atoms with Gasteiger partial charge in [0.25, 0.3) is 0 Å². The summed E-state index contributed by atoms with van der Waals surface area (Å²) in [7, 11) is 1.32. The molecule has 0 spiro atoms. The third-order valence-electron chi connectivity index (χ3n) is 4.13. The molecule has 0 saturated heterocycles. The van der Waals surface area contributed by atoms with E-state index in [2.05, 4.69) is 21.2 Å². The molecule has 0 aromatic heterocycles. The molecule has 2 rings (SSSR count). The number of nitrogens with one attached hydrogen (secondary N) is 2. The van der Waals surface area contributed by atoms with Crippen molar-refractivity contribution in [1.29, 1.82) is 5.41 Å². The van der Waals surface area contributed by atoms with Crippen LogP contribution in [0, 0.1) is 5.41 Å². The van der Waals surface area contributed by atoms with E-state index in [1.807, 2.05) is 19.1 Å². The molecule has 1 unspecified atom stereocenters. The molecule has 0 heterocycles. The second-order valence-corrected chi connectivity index (χ2v) is 6.87. The van der Waals surface area contributed by atoms with Crippen molar-refractivity contribution in [2.45, 2.75) is 19.4 Å². The number of esters is 1. The summed E-state index contributed by atoms with van der Waals surface area (Å²) in [4.78, 5) is 12.6. The molecular formula is C20H24BrN3O4. The summed E-state index contributed by atoms with van der Waals surface area (Å²) < 4.78 is 11.4. The number of aliphatic hydroxyl groups excluding tert-OH is 1. The lowest BCUT2D eigenvalue weighted by atomic mass is 10.0. The van der Waals surface area contributed by atoms with Gasteiger partial charge in [0.15, 0.2) is 6.04 Å². The van der Waals surface area contributed by atoms with Crippen LogP contribution in [0.2, 0.25) is 0 Å². The van der Waals surface area contributed by atoms with Crippen LogP contribution in [-0.2, 0) is 16.0 Å². The van der Waals surface area contributed by atoms with Crippen molar-refractivity contribution in [3.63, 3.8) is 0 Å². The molecule has 0 fully saturated rings. The highest BCUT2D eigenvalue weighted by Gasteiger charge is 2.27. The van der Waals surface area contributed by atoms with Gasteiger partial charge in [0, 0.05) is 16.8 Å². The molecule has 150 valence electrons. The fourth-order valence-corrected chi connectivity index (χ4v) is 3.32. The number of halogens is 1. The predicted octanol–water partition coefficient (Wildman–Crippen LogP) is 2.99. The first-order valence-electron chi connectivity index (χ1n) is 8.76. The first-order valence-corrected chi connectivity index (χ1v) is 9.55. The molecule has 0 amide bonds. The standard InChI is InChI=1S/C20H24BrN3O4/c1-3-12-10-15(18(16(21)11-12)28-9-8-25)17(20(26)27-2)24-14-6-4-13(5-7-14)19(22)23/h4-7,10-11,17,24-25H,3,8-9H2,1-2H3,(H3,22,23). The van der Waals surface area contributed by atoms with Crippen molar-refractivity contribution < 1.29 is 19.4 Å². The highest BCUT2D eigenvalue weighted by Crippen LogP contribution is 2.37. The van der Waals surface area contributed by atoms with Crippen LogP contribution >= 0.6 is 15.9 Å². The molecule has 2 aromatic rings. The number of hydrogen-bond donors (Lipinski definition) is 4.